The second-order valence-corrected chi connectivity index (χ2v) is 3.79. The highest BCUT2D eigenvalue weighted by atomic mass is 16.5. The molecule has 0 spiro atoms. The summed E-state index contributed by atoms with van der Waals surface area (Å²) >= 11 is 0. The lowest BCUT2D eigenvalue weighted by Crippen LogP contribution is -2.00. The summed E-state index contributed by atoms with van der Waals surface area (Å²) in [6, 6.07) is 5.94. The number of allylic oxidation sites excluding steroid dienone is 2. The molecular weight excluding hydrogens is 224 g/mol. The van der Waals surface area contributed by atoms with E-state index in [4.69, 9.17) is 9.47 Å². The van der Waals surface area contributed by atoms with Gasteiger partial charge in [-0.25, -0.2) is 0 Å². The van der Waals surface area contributed by atoms with E-state index in [9.17, 15) is 0 Å². The van der Waals surface area contributed by atoms with Crippen LogP contribution in [0.3, 0.4) is 0 Å². The lowest BCUT2D eigenvalue weighted by Gasteiger charge is -2.12. The fourth-order valence-electron chi connectivity index (χ4n) is 1.41. The Morgan fingerprint density at radius 1 is 1.00 bits per heavy atom. The van der Waals surface area contributed by atoms with Gasteiger partial charge >= 0.3 is 0 Å². The standard InChI is InChI=1S/C16H21O2/c1-4-7-11-17-15-10-9-14(6-3)13-16(15)18-12-8-5-2/h4-5,7-10,13H,3,6,11-12H2,1-2H3. The van der Waals surface area contributed by atoms with Crippen molar-refractivity contribution in [3.8, 4) is 11.5 Å². The normalized spacial score (nSPS) is 11.3. The fourth-order valence-corrected chi connectivity index (χ4v) is 1.41. The summed E-state index contributed by atoms with van der Waals surface area (Å²) in [6.45, 7) is 8.93. The summed E-state index contributed by atoms with van der Waals surface area (Å²) in [5.41, 5.74) is 1.14. The van der Waals surface area contributed by atoms with Crippen molar-refractivity contribution in [3.63, 3.8) is 0 Å². The van der Waals surface area contributed by atoms with Crippen LogP contribution < -0.4 is 9.47 Å². The molecule has 0 aliphatic carbocycles. The molecule has 18 heavy (non-hydrogen) atoms. The third-order valence-electron chi connectivity index (χ3n) is 2.44. The van der Waals surface area contributed by atoms with Gasteiger partial charge < -0.3 is 9.47 Å². The van der Waals surface area contributed by atoms with E-state index in [1.54, 1.807) is 0 Å². The largest absolute Gasteiger partial charge is 0.486 e. The molecule has 0 aromatic heterocycles. The summed E-state index contributed by atoms with van der Waals surface area (Å²) in [5.74, 6) is 1.55. The molecule has 0 saturated heterocycles. The summed E-state index contributed by atoms with van der Waals surface area (Å²) in [4.78, 5) is 0. The first kappa shape index (κ1) is 14.4. The maximum atomic E-state index is 5.69. The first-order chi connectivity index (χ1) is 8.81. The third kappa shape index (κ3) is 4.66. The highest BCUT2D eigenvalue weighted by molar-refractivity contribution is 5.43. The van der Waals surface area contributed by atoms with Gasteiger partial charge in [-0.1, -0.05) is 30.4 Å². The van der Waals surface area contributed by atoms with Crippen LogP contribution in [0.15, 0.2) is 42.5 Å². The third-order valence-corrected chi connectivity index (χ3v) is 2.44. The molecule has 1 radical (unpaired) electrons. The van der Waals surface area contributed by atoms with Gasteiger partial charge in [-0.2, -0.15) is 0 Å². The van der Waals surface area contributed by atoms with Gasteiger partial charge in [0.15, 0.2) is 11.5 Å². The van der Waals surface area contributed by atoms with Crippen LogP contribution in [-0.4, -0.2) is 13.2 Å². The zero-order chi connectivity index (χ0) is 13.2. The van der Waals surface area contributed by atoms with E-state index in [1.165, 1.54) is 0 Å². The predicted octanol–water partition coefficient (Wildman–Crippen LogP) is 3.97. The summed E-state index contributed by atoms with van der Waals surface area (Å²) in [5, 5.41) is 0. The van der Waals surface area contributed by atoms with Gasteiger partial charge in [0, 0.05) is 0 Å². The first-order valence-electron chi connectivity index (χ1n) is 6.22. The Kier molecular flexibility index (Phi) is 6.70. The van der Waals surface area contributed by atoms with Crippen LogP contribution in [0.4, 0.5) is 0 Å². The van der Waals surface area contributed by atoms with E-state index in [0.717, 1.165) is 23.5 Å². The molecule has 0 fully saturated rings. The quantitative estimate of drug-likeness (QED) is 0.677. The minimum atomic E-state index is 0.553. The topological polar surface area (TPSA) is 18.5 Å². The number of benzene rings is 1. The molecule has 1 aromatic rings. The van der Waals surface area contributed by atoms with Gasteiger partial charge in [-0.3, -0.25) is 0 Å². The molecule has 0 unspecified atom stereocenters. The number of rotatable bonds is 7. The number of ether oxygens (including phenoxy) is 2. The maximum Gasteiger partial charge on any atom is 0.161 e. The Hall–Kier alpha value is -1.70. The van der Waals surface area contributed by atoms with Crippen LogP contribution in [0.5, 0.6) is 11.5 Å². The maximum absolute atomic E-state index is 5.69. The van der Waals surface area contributed by atoms with Crippen LogP contribution >= 0.6 is 0 Å². The van der Waals surface area contributed by atoms with Gasteiger partial charge in [0.2, 0.25) is 0 Å². The molecule has 1 rings (SSSR count). The van der Waals surface area contributed by atoms with Crippen LogP contribution in [0, 0.1) is 6.92 Å². The molecule has 2 nitrogen and oxygen atoms in total. The fraction of sp³-hybridized carbons (Fsp3) is 0.312. The summed E-state index contributed by atoms with van der Waals surface area (Å²) < 4.78 is 11.3. The average Bonchev–Trinajstić information content (AvgIpc) is 2.40. The molecule has 0 aliphatic rings. The van der Waals surface area contributed by atoms with Crippen molar-refractivity contribution in [2.24, 2.45) is 0 Å². The highest BCUT2D eigenvalue weighted by Gasteiger charge is 2.05. The molecule has 1 aromatic carbocycles. The molecule has 2 heteroatoms. The first-order valence-corrected chi connectivity index (χ1v) is 6.22. The van der Waals surface area contributed by atoms with E-state index >= 15 is 0 Å². The van der Waals surface area contributed by atoms with E-state index in [-0.39, 0.29) is 0 Å². The van der Waals surface area contributed by atoms with Crippen LogP contribution in [-0.2, 0) is 6.42 Å². The molecule has 97 valence electrons. The van der Waals surface area contributed by atoms with E-state index in [2.05, 4.69) is 6.92 Å². The monoisotopic (exact) mass is 245 g/mol. The van der Waals surface area contributed by atoms with E-state index in [1.807, 2.05) is 56.4 Å². The van der Waals surface area contributed by atoms with Crippen molar-refractivity contribution < 1.29 is 9.47 Å². The average molecular weight is 245 g/mol. The zero-order valence-corrected chi connectivity index (χ0v) is 11.2. The van der Waals surface area contributed by atoms with Crippen LogP contribution in [0.25, 0.3) is 0 Å². The predicted molar refractivity (Wildman–Crippen MR) is 76.1 cm³/mol. The Morgan fingerprint density at radius 3 is 2.17 bits per heavy atom. The van der Waals surface area contributed by atoms with Crippen molar-refractivity contribution in [1.29, 1.82) is 0 Å². The minimum Gasteiger partial charge on any atom is -0.486 e. The molecular formula is C16H21O2. The molecule has 0 heterocycles. The summed E-state index contributed by atoms with van der Waals surface area (Å²) in [7, 11) is 0. The van der Waals surface area contributed by atoms with E-state index < -0.39 is 0 Å². The molecule has 0 bridgehead atoms. The van der Waals surface area contributed by atoms with Crippen molar-refractivity contribution in [3.05, 3.63) is 55.0 Å². The molecule has 0 saturated carbocycles. The van der Waals surface area contributed by atoms with Crippen molar-refractivity contribution >= 4 is 0 Å². The number of hydrogen-bond acceptors (Lipinski definition) is 2. The SMILES string of the molecule is [CH2]Cc1ccc(OCC=CC)c(OCC=CC)c1. The molecule has 0 atom stereocenters. The molecule has 0 amide bonds. The number of hydrogen-bond donors (Lipinski definition) is 0. The van der Waals surface area contributed by atoms with Gasteiger partial charge in [0.1, 0.15) is 13.2 Å². The minimum absolute atomic E-state index is 0.553. The second kappa shape index (κ2) is 8.40. The lowest BCUT2D eigenvalue weighted by molar-refractivity contribution is 0.307. The zero-order valence-electron chi connectivity index (χ0n) is 11.2. The van der Waals surface area contributed by atoms with Gasteiger partial charge in [-0.05, 0) is 44.9 Å². The van der Waals surface area contributed by atoms with Crippen molar-refractivity contribution in [2.75, 3.05) is 13.2 Å². The molecule has 0 aliphatic heterocycles. The van der Waals surface area contributed by atoms with Gasteiger partial charge in [-0.15, -0.1) is 0 Å². The Balaban J connectivity index is 2.78. The van der Waals surface area contributed by atoms with Gasteiger partial charge in [0.05, 0.1) is 0 Å². The Labute approximate surface area is 110 Å². The second-order valence-electron chi connectivity index (χ2n) is 3.79. The summed E-state index contributed by atoms with van der Waals surface area (Å²) in [6.07, 6.45) is 8.60. The Bertz CT molecular complexity index is 406. The van der Waals surface area contributed by atoms with Gasteiger partial charge in [0.25, 0.3) is 0 Å². The Morgan fingerprint density at radius 2 is 1.61 bits per heavy atom. The van der Waals surface area contributed by atoms with Crippen molar-refractivity contribution in [2.45, 2.75) is 20.3 Å². The lowest BCUT2D eigenvalue weighted by atomic mass is 10.1. The van der Waals surface area contributed by atoms with Crippen LogP contribution in [0.2, 0.25) is 0 Å². The highest BCUT2D eigenvalue weighted by Crippen LogP contribution is 2.28. The van der Waals surface area contributed by atoms with Crippen molar-refractivity contribution in [1.82, 2.24) is 0 Å². The van der Waals surface area contributed by atoms with E-state index in [0.29, 0.717) is 13.2 Å². The molecule has 0 N–H and O–H groups in total. The van der Waals surface area contributed by atoms with Crippen LogP contribution in [0.1, 0.15) is 19.4 Å². The smallest absolute Gasteiger partial charge is 0.161 e.